The summed E-state index contributed by atoms with van der Waals surface area (Å²) in [5.41, 5.74) is 4.37. The standard InChI is InChI=1S/C21H19N5O3/c1-27-17-4-3-16(24-10-17)12-29-21-19(28-2)8-14(9-25-21)7-15-5-6-23-18-11-22-13-26-20(15)18/h3-6,8-11,13H,7,12H2,1-2H3. The van der Waals surface area contributed by atoms with Gasteiger partial charge in [-0.25, -0.2) is 15.0 Å². The molecule has 4 rings (SSSR count). The SMILES string of the molecule is COc1ccc(COc2ncc(Cc3ccnc4cncnc34)cc2OC)nc1. The predicted molar refractivity (Wildman–Crippen MR) is 106 cm³/mol. The number of methoxy groups -OCH3 is 2. The summed E-state index contributed by atoms with van der Waals surface area (Å²) in [6.45, 7) is 0.276. The van der Waals surface area contributed by atoms with E-state index in [1.165, 1.54) is 6.33 Å². The number of fused-ring (bicyclic) bond motifs is 1. The largest absolute Gasteiger partial charge is 0.495 e. The number of hydrogen-bond donors (Lipinski definition) is 0. The summed E-state index contributed by atoms with van der Waals surface area (Å²) in [5, 5.41) is 0. The number of pyridine rings is 3. The van der Waals surface area contributed by atoms with E-state index in [1.807, 2.05) is 24.3 Å². The summed E-state index contributed by atoms with van der Waals surface area (Å²) in [6, 6.07) is 7.54. The summed E-state index contributed by atoms with van der Waals surface area (Å²) in [6.07, 6.45) is 9.04. The number of hydrogen-bond acceptors (Lipinski definition) is 8. The highest BCUT2D eigenvalue weighted by atomic mass is 16.5. The first-order valence-corrected chi connectivity index (χ1v) is 8.95. The molecule has 0 fully saturated rings. The highest BCUT2D eigenvalue weighted by Gasteiger charge is 2.11. The number of aromatic nitrogens is 5. The van der Waals surface area contributed by atoms with Crippen LogP contribution in [-0.2, 0) is 13.0 Å². The van der Waals surface area contributed by atoms with Crippen molar-refractivity contribution in [2.45, 2.75) is 13.0 Å². The second-order valence-electron chi connectivity index (χ2n) is 6.23. The van der Waals surface area contributed by atoms with E-state index in [0.29, 0.717) is 23.8 Å². The molecule has 0 bridgehead atoms. The van der Waals surface area contributed by atoms with Gasteiger partial charge in [-0.05, 0) is 35.4 Å². The fourth-order valence-electron chi connectivity index (χ4n) is 2.90. The van der Waals surface area contributed by atoms with Crippen molar-refractivity contribution < 1.29 is 14.2 Å². The van der Waals surface area contributed by atoms with Crippen molar-refractivity contribution >= 4 is 11.0 Å². The Hall–Kier alpha value is -3.81. The summed E-state index contributed by atoms with van der Waals surface area (Å²) in [5.74, 6) is 1.67. The lowest BCUT2D eigenvalue weighted by Crippen LogP contribution is -2.03. The van der Waals surface area contributed by atoms with E-state index in [2.05, 4.69) is 24.9 Å². The molecule has 29 heavy (non-hydrogen) atoms. The maximum atomic E-state index is 5.79. The molecule has 0 aliphatic heterocycles. The summed E-state index contributed by atoms with van der Waals surface area (Å²) in [7, 11) is 3.19. The summed E-state index contributed by atoms with van der Waals surface area (Å²) >= 11 is 0. The normalized spacial score (nSPS) is 10.7. The number of nitrogens with zero attached hydrogens (tertiary/aromatic N) is 5. The maximum absolute atomic E-state index is 5.79. The van der Waals surface area contributed by atoms with E-state index in [0.717, 1.165) is 27.9 Å². The van der Waals surface area contributed by atoms with Gasteiger partial charge in [-0.3, -0.25) is 9.97 Å². The lowest BCUT2D eigenvalue weighted by molar-refractivity contribution is 0.268. The Bertz CT molecular complexity index is 1110. The van der Waals surface area contributed by atoms with Gasteiger partial charge in [0.05, 0.1) is 37.8 Å². The Balaban J connectivity index is 1.51. The molecule has 0 aromatic carbocycles. The third kappa shape index (κ3) is 4.21. The molecule has 0 amide bonds. The van der Waals surface area contributed by atoms with Crippen LogP contribution in [-0.4, -0.2) is 39.1 Å². The van der Waals surface area contributed by atoms with E-state index < -0.39 is 0 Å². The highest BCUT2D eigenvalue weighted by molar-refractivity contribution is 5.76. The first-order chi connectivity index (χ1) is 14.3. The van der Waals surface area contributed by atoms with Crippen LogP contribution in [0.3, 0.4) is 0 Å². The minimum absolute atomic E-state index is 0.276. The Morgan fingerprint density at radius 2 is 1.83 bits per heavy atom. The third-order valence-electron chi connectivity index (χ3n) is 4.37. The van der Waals surface area contributed by atoms with Gasteiger partial charge in [-0.1, -0.05) is 0 Å². The summed E-state index contributed by atoms with van der Waals surface area (Å²) < 4.78 is 16.4. The zero-order chi connectivity index (χ0) is 20.1. The lowest BCUT2D eigenvalue weighted by Gasteiger charge is -2.11. The fraction of sp³-hybridized carbons (Fsp3) is 0.190. The minimum atomic E-state index is 0.276. The van der Waals surface area contributed by atoms with Crippen molar-refractivity contribution in [3.05, 3.63) is 72.2 Å². The molecule has 4 aromatic heterocycles. The average molecular weight is 389 g/mol. The molecule has 0 spiro atoms. The Morgan fingerprint density at radius 3 is 2.62 bits per heavy atom. The summed E-state index contributed by atoms with van der Waals surface area (Å²) in [4.78, 5) is 21.4. The van der Waals surface area contributed by atoms with Gasteiger partial charge in [-0.2, -0.15) is 0 Å². The zero-order valence-electron chi connectivity index (χ0n) is 16.1. The quantitative estimate of drug-likeness (QED) is 0.476. The third-order valence-corrected chi connectivity index (χ3v) is 4.37. The van der Waals surface area contributed by atoms with Crippen LogP contribution in [0.15, 0.2) is 55.4 Å². The zero-order valence-corrected chi connectivity index (χ0v) is 16.1. The molecule has 0 saturated heterocycles. The van der Waals surface area contributed by atoms with Crippen molar-refractivity contribution in [3.8, 4) is 17.4 Å². The Labute approximate surface area is 167 Å². The maximum Gasteiger partial charge on any atom is 0.257 e. The molecule has 0 saturated carbocycles. The molecular weight excluding hydrogens is 370 g/mol. The van der Waals surface area contributed by atoms with Crippen molar-refractivity contribution in [2.24, 2.45) is 0 Å². The first kappa shape index (κ1) is 18.5. The van der Waals surface area contributed by atoms with Gasteiger partial charge in [0.25, 0.3) is 5.88 Å². The van der Waals surface area contributed by atoms with Gasteiger partial charge < -0.3 is 14.2 Å². The van der Waals surface area contributed by atoms with Gasteiger partial charge in [0, 0.05) is 18.8 Å². The highest BCUT2D eigenvalue weighted by Crippen LogP contribution is 2.27. The molecule has 8 heteroatoms. The Kier molecular flexibility index (Phi) is 5.42. The van der Waals surface area contributed by atoms with Crippen LogP contribution in [0, 0.1) is 0 Å². The predicted octanol–water partition coefficient (Wildman–Crippen LogP) is 3.00. The molecule has 0 radical (unpaired) electrons. The molecule has 8 nitrogen and oxygen atoms in total. The minimum Gasteiger partial charge on any atom is -0.495 e. The van der Waals surface area contributed by atoms with Crippen LogP contribution in [0.2, 0.25) is 0 Å². The second-order valence-corrected chi connectivity index (χ2v) is 6.23. The van der Waals surface area contributed by atoms with Crippen molar-refractivity contribution in [3.63, 3.8) is 0 Å². The topological polar surface area (TPSA) is 92.1 Å². The van der Waals surface area contributed by atoms with E-state index >= 15 is 0 Å². The van der Waals surface area contributed by atoms with Gasteiger partial charge in [-0.15, -0.1) is 0 Å². The van der Waals surface area contributed by atoms with E-state index in [1.54, 1.807) is 39.0 Å². The molecular formula is C21H19N5O3. The van der Waals surface area contributed by atoms with Gasteiger partial charge in [0.15, 0.2) is 5.75 Å². The van der Waals surface area contributed by atoms with Crippen LogP contribution in [0.4, 0.5) is 0 Å². The van der Waals surface area contributed by atoms with Gasteiger partial charge >= 0.3 is 0 Å². The smallest absolute Gasteiger partial charge is 0.257 e. The molecule has 0 aliphatic carbocycles. The van der Waals surface area contributed by atoms with Gasteiger partial charge in [0.2, 0.25) is 0 Å². The average Bonchev–Trinajstić information content (AvgIpc) is 2.78. The molecule has 146 valence electrons. The second kappa shape index (κ2) is 8.47. The van der Waals surface area contributed by atoms with Crippen LogP contribution < -0.4 is 14.2 Å². The molecule has 0 unspecified atom stereocenters. The van der Waals surface area contributed by atoms with Crippen LogP contribution in [0.1, 0.15) is 16.8 Å². The molecule has 0 atom stereocenters. The van der Waals surface area contributed by atoms with Crippen LogP contribution >= 0.6 is 0 Å². The van der Waals surface area contributed by atoms with Crippen LogP contribution in [0.25, 0.3) is 11.0 Å². The van der Waals surface area contributed by atoms with Crippen molar-refractivity contribution in [1.82, 2.24) is 24.9 Å². The number of ether oxygens (including phenoxy) is 3. The number of rotatable bonds is 7. The monoisotopic (exact) mass is 389 g/mol. The van der Waals surface area contributed by atoms with Crippen molar-refractivity contribution in [1.29, 1.82) is 0 Å². The molecule has 0 aliphatic rings. The van der Waals surface area contributed by atoms with E-state index in [4.69, 9.17) is 14.2 Å². The first-order valence-electron chi connectivity index (χ1n) is 8.95. The van der Waals surface area contributed by atoms with E-state index in [9.17, 15) is 0 Å². The Morgan fingerprint density at radius 1 is 0.897 bits per heavy atom. The van der Waals surface area contributed by atoms with Crippen molar-refractivity contribution in [2.75, 3.05) is 14.2 Å². The molecule has 4 heterocycles. The molecule has 4 aromatic rings. The van der Waals surface area contributed by atoms with E-state index in [-0.39, 0.29) is 6.61 Å². The lowest BCUT2D eigenvalue weighted by atomic mass is 10.1. The fourth-order valence-corrected chi connectivity index (χ4v) is 2.90. The van der Waals surface area contributed by atoms with Gasteiger partial charge in [0.1, 0.15) is 24.2 Å². The van der Waals surface area contributed by atoms with Crippen LogP contribution in [0.5, 0.6) is 17.4 Å². The molecule has 0 N–H and O–H groups in total.